The molecule has 1 heterocycles. The van der Waals surface area contributed by atoms with Gasteiger partial charge >= 0.3 is 5.97 Å². The molecule has 0 aliphatic carbocycles. The zero-order chi connectivity index (χ0) is 22.4. The van der Waals surface area contributed by atoms with Gasteiger partial charge in [0.25, 0.3) is 5.91 Å². The maximum atomic E-state index is 13.1. The fraction of sp³-hybridized carbons (Fsp3) is 0.261. The van der Waals surface area contributed by atoms with Crippen LogP contribution in [0, 0.1) is 0 Å². The molecule has 0 spiro atoms. The Kier molecular flexibility index (Phi) is 6.92. The molecule has 1 aliphatic heterocycles. The van der Waals surface area contributed by atoms with Gasteiger partial charge in [-0.1, -0.05) is 19.1 Å². The number of carbonyl (C=O) groups is 2. The third-order valence-electron chi connectivity index (χ3n) is 4.64. The van der Waals surface area contributed by atoms with Crippen LogP contribution in [0.15, 0.2) is 58.7 Å². The van der Waals surface area contributed by atoms with Crippen LogP contribution in [-0.2, 0) is 9.53 Å². The molecular formula is C23H25N3O5. The van der Waals surface area contributed by atoms with Crippen LogP contribution in [0.5, 0.6) is 11.5 Å². The van der Waals surface area contributed by atoms with E-state index in [-0.39, 0.29) is 18.0 Å². The predicted molar refractivity (Wildman–Crippen MR) is 118 cm³/mol. The molecule has 2 N–H and O–H groups in total. The maximum Gasteiger partial charge on any atom is 0.343 e. The van der Waals surface area contributed by atoms with E-state index in [9.17, 15) is 9.59 Å². The summed E-state index contributed by atoms with van der Waals surface area (Å²) in [6.07, 6.45) is 0.504. The van der Waals surface area contributed by atoms with E-state index in [1.165, 1.54) is 14.2 Å². The summed E-state index contributed by atoms with van der Waals surface area (Å²) < 4.78 is 15.7. The number of para-hydroxylation sites is 2. The van der Waals surface area contributed by atoms with Crippen molar-refractivity contribution in [3.05, 3.63) is 59.3 Å². The number of rotatable bonds is 6. The number of allylic oxidation sites excluding steroid dienone is 1. The third-order valence-corrected chi connectivity index (χ3v) is 4.64. The molecule has 0 aromatic heterocycles. The van der Waals surface area contributed by atoms with Crippen molar-refractivity contribution in [2.24, 2.45) is 4.99 Å². The molecular weight excluding hydrogens is 398 g/mol. The minimum atomic E-state index is -0.568. The molecule has 8 nitrogen and oxygen atoms in total. The number of anilines is 1. The van der Waals surface area contributed by atoms with Gasteiger partial charge in [0.2, 0.25) is 0 Å². The summed E-state index contributed by atoms with van der Waals surface area (Å²) in [5, 5.41) is 6.02. The molecule has 2 aromatic rings. The molecule has 0 bridgehead atoms. The number of ether oxygens (including phenoxy) is 3. The second-order valence-electron chi connectivity index (χ2n) is 6.59. The van der Waals surface area contributed by atoms with Gasteiger partial charge < -0.3 is 24.8 Å². The molecule has 162 valence electrons. The van der Waals surface area contributed by atoms with E-state index in [1.807, 2.05) is 25.1 Å². The number of benzene rings is 2. The van der Waals surface area contributed by atoms with Crippen molar-refractivity contribution >= 4 is 29.1 Å². The molecule has 31 heavy (non-hydrogen) atoms. The predicted octanol–water partition coefficient (Wildman–Crippen LogP) is 3.82. The second kappa shape index (κ2) is 9.80. The fourth-order valence-electron chi connectivity index (χ4n) is 3.12. The molecule has 0 atom stereocenters. The van der Waals surface area contributed by atoms with Crippen molar-refractivity contribution in [1.29, 1.82) is 0 Å². The van der Waals surface area contributed by atoms with Crippen LogP contribution in [0.4, 0.5) is 11.4 Å². The Morgan fingerprint density at radius 1 is 1.03 bits per heavy atom. The lowest BCUT2D eigenvalue weighted by molar-refractivity contribution is -0.137. The highest BCUT2D eigenvalue weighted by Gasteiger charge is 2.27. The van der Waals surface area contributed by atoms with Crippen LogP contribution in [0.3, 0.4) is 0 Å². The fourth-order valence-corrected chi connectivity index (χ4v) is 3.12. The van der Waals surface area contributed by atoms with Gasteiger partial charge in [0.15, 0.2) is 0 Å². The van der Waals surface area contributed by atoms with Gasteiger partial charge in [0, 0.05) is 17.3 Å². The summed E-state index contributed by atoms with van der Waals surface area (Å²) in [6, 6.07) is 12.2. The second-order valence-corrected chi connectivity index (χ2v) is 6.59. The quantitative estimate of drug-likeness (QED) is 0.686. The Morgan fingerprint density at radius 3 is 2.32 bits per heavy atom. The van der Waals surface area contributed by atoms with Gasteiger partial charge in [-0.05, 0) is 37.6 Å². The molecule has 0 radical (unpaired) electrons. The summed E-state index contributed by atoms with van der Waals surface area (Å²) in [6.45, 7) is 3.82. The third kappa shape index (κ3) is 4.85. The maximum absolute atomic E-state index is 13.1. The Labute approximate surface area is 180 Å². The van der Waals surface area contributed by atoms with E-state index in [0.717, 1.165) is 5.69 Å². The van der Waals surface area contributed by atoms with Gasteiger partial charge in [-0.25, -0.2) is 9.79 Å². The van der Waals surface area contributed by atoms with Crippen LogP contribution in [0.25, 0.3) is 0 Å². The van der Waals surface area contributed by atoms with E-state index in [1.54, 1.807) is 31.2 Å². The van der Waals surface area contributed by atoms with Crippen molar-refractivity contribution < 1.29 is 23.8 Å². The average molecular weight is 423 g/mol. The molecule has 1 amide bonds. The smallest absolute Gasteiger partial charge is 0.343 e. The summed E-state index contributed by atoms with van der Waals surface area (Å²) in [7, 11) is 3.01. The number of hydrogen-bond acceptors (Lipinski definition) is 7. The Hall–Kier alpha value is -3.81. The Bertz CT molecular complexity index is 1040. The number of nitrogens with one attached hydrogen (secondary N) is 2. The summed E-state index contributed by atoms with van der Waals surface area (Å²) in [5.74, 6) is 0.0125. The van der Waals surface area contributed by atoms with E-state index < -0.39 is 11.9 Å². The lowest BCUT2D eigenvalue weighted by Gasteiger charge is -2.15. The van der Waals surface area contributed by atoms with Crippen molar-refractivity contribution in [3.8, 4) is 11.5 Å². The van der Waals surface area contributed by atoms with E-state index >= 15 is 0 Å². The standard InChI is InChI=1S/C23H25N3O5/c1-5-17-20(23(28)31-6-2)21(25-19-10-8-7-9-18(19)24-17)26-22(27)14-11-15(29-3)13-16(12-14)30-4/h7-13,24H,5-6H2,1-4H3,(H,25,26,27). The first kappa shape index (κ1) is 21.9. The number of nitrogens with zero attached hydrogens (tertiary/aromatic N) is 1. The van der Waals surface area contributed by atoms with E-state index in [2.05, 4.69) is 15.6 Å². The molecule has 1 aliphatic rings. The minimum Gasteiger partial charge on any atom is -0.497 e. The topological polar surface area (TPSA) is 98.2 Å². The SMILES string of the molecule is CCOC(=O)C1=C(CC)Nc2ccccc2N=C1NC(=O)c1cc(OC)cc(OC)c1. The van der Waals surface area contributed by atoms with Crippen molar-refractivity contribution in [2.45, 2.75) is 20.3 Å². The molecule has 0 saturated carbocycles. The van der Waals surface area contributed by atoms with Crippen molar-refractivity contribution in [2.75, 3.05) is 26.1 Å². The van der Waals surface area contributed by atoms with Crippen LogP contribution >= 0.6 is 0 Å². The first-order valence-corrected chi connectivity index (χ1v) is 9.90. The van der Waals surface area contributed by atoms with Gasteiger partial charge in [0.1, 0.15) is 22.9 Å². The number of carbonyl (C=O) groups excluding carboxylic acids is 2. The number of methoxy groups -OCH3 is 2. The van der Waals surface area contributed by atoms with Crippen molar-refractivity contribution in [1.82, 2.24) is 5.32 Å². The molecule has 0 fully saturated rings. The zero-order valence-electron chi connectivity index (χ0n) is 17.9. The van der Waals surface area contributed by atoms with Gasteiger partial charge in [-0.2, -0.15) is 0 Å². The molecule has 0 saturated heterocycles. The van der Waals surface area contributed by atoms with Gasteiger partial charge in [-0.3, -0.25) is 4.79 Å². The highest BCUT2D eigenvalue weighted by molar-refractivity contribution is 6.25. The molecule has 3 rings (SSSR count). The highest BCUT2D eigenvalue weighted by Crippen LogP contribution is 2.31. The van der Waals surface area contributed by atoms with Gasteiger partial charge in [0.05, 0.1) is 32.2 Å². The first-order chi connectivity index (χ1) is 15.0. The molecule has 0 unspecified atom stereocenters. The molecule has 2 aromatic carbocycles. The normalized spacial score (nSPS) is 12.7. The van der Waals surface area contributed by atoms with E-state index in [4.69, 9.17) is 14.2 Å². The Morgan fingerprint density at radius 2 is 1.71 bits per heavy atom. The van der Waals surface area contributed by atoms with Crippen LogP contribution in [0.2, 0.25) is 0 Å². The van der Waals surface area contributed by atoms with E-state index in [0.29, 0.717) is 34.9 Å². The summed E-state index contributed by atoms with van der Waals surface area (Å²) >= 11 is 0. The summed E-state index contributed by atoms with van der Waals surface area (Å²) in [5.41, 5.74) is 2.40. The zero-order valence-corrected chi connectivity index (χ0v) is 17.9. The Balaban J connectivity index is 2.07. The highest BCUT2D eigenvalue weighted by atomic mass is 16.5. The monoisotopic (exact) mass is 423 g/mol. The minimum absolute atomic E-state index is 0.111. The summed E-state index contributed by atoms with van der Waals surface area (Å²) in [4.78, 5) is 30.5. The van der Waals surface area contributed by atoms with Gasteiger partial charge in [-0.15, -0.1) is 0 Å². The first-order valence-electron chi connectivity index (χ1n) is 9.90. The number of amidine groups is 1. The lowest BCUT2D eigenvalue weighted by atomic mass is 10.1. The van der Waals surface area contributed by atoms with Crippen LogP contribution in [0.1, 0.15) is 30.6 Å². The number of amides is 1. The van der Waals surface area contributed by atoms with Crippen molar-refractivity contribution in [3.63, 3.8) is 0 Å². The number of aliphatic imine (C=N–C) groups is 1. The van der Waals surface area contributed by atoms with Crippen LogP contribution < -0.4 is 20.1 Å². The average Bonchev–Trinajstić information content (AvgIpc) is 2.94. The number of fused-ring (bicyclic) bond motifs is 1. The lowest BCUT2D eigenvalue weighted by Crippen LogP contribution is -2.35. The molecule has 8 heteroatoms. The van der Waals surface area contributed by atoms with Crippen LogP contribution in [-0.4, -0.2) is 38.5 Å². The largest absolute Gasteiger partial charge is 0.497 e. The number of esters is 1. The number of hydrogen-bond donors (Lipinski definition) is 2.